The molecule has 0 saturated heterocycles. The molecule has 0 atom stereocenters. The molecule has 1 fully saturated rings. The largest absolute Gasteiger partial charge is 0.491 e. The van der Waals surface area contributed by atoms with Crippen molar-refractivity contribution < 1.29 is 14.6 Å². The summed E-state index contributed by atoms with van der Waals surface area (Å²) >= 11 is 0. The van der Waals surface area contributed by atoms with Crippen LogP contribution in [0.1, 0.15) is 38.2 Å². The summed E-state index contributed by atoms with van der Waals surface area (Å²) in [5.41, 5.74) is 0.923. The monoisotopic (exact) mass is 306 g/mol. The Kier molecular flexibility index (Phi) is 6.52. The fourth-order valence-electron chi connectivity index (χ4n) is 3.00. The van der Waals surface area contributed by atoms with E-state index in [1.54, 1.807) is 0 Å². The fourth-order valence-corrected chi connectivity index (χ4v) is 3.00. The zero-order chi connectivity index (χ0) is 15.8. The molecule has 0 radical (unpaired) electrons. The molecule has 22 heavy (non-hydrogen) atoms. The van der Waals surface area contributed by atoms with E-state index < -0.39 is 0 Å². The highest BCUT2D eigenvalue weighted by molar-refractivity contribution is 5.74. The van der Waals surface area contributed by atoms with Crippen molar-refractivity contribution in [1.82, 2.24) is 10.2 Å². The third-order valence-electron chi connectivity index (χ3n) is 4.12. The standard InChI is InChI=1S/C17H26N2O3/c1-2-19(15-8-4-5-9-15)17(21)18-13-14-7-3-6-10-16(14)22-12-11-20/h3,6-7,10,15,20H,2,4-5,8-9,11-13H2,1H3,(H,18,21). The van der Waals surface area contributed by atoms with Crippen molar-refractivity contribution in [3.05, 3.63) is 29.8 Å². The van der Waals surface area contributed by atoms with Gasteiger partial charge in [0.2, 0.25) is 0 Å². The Hall–Kier alpha value is -1.75. The molecule has 0 spiro atoms. The lowest BCUT2D eigenvalue weighted by molar-refractivity contribution is 0.178. The van der Waals surface area contributed by atoms with E-state index in [2.05, 4.69) is 5.32 Å². The molecule has 5 heteroatoms. The summed E-state index contributed by atoms with van der Waals surface area (Å²) < 4.78 is 5.49. The van der Waals surface area contributed by atoms with Gasteiger partial charge in [-0.3, -0.25) is 0 Å². The Morgan fingerprint density at radius 3 is 2.77 bits per heavy atom. The van der Waals surface area contributed by atoms with E-state index in [0.717, 1.165) is 24.9 Å². The number of aliphatic hydroxyl groups excluding tert-OH is 1. The second-order valence-electron chi connectivity index (χ2n) is 5.56. The third-order valence-corrected chi connectivity index (χ3v) is 4.12. The van der Waals surface area contributed by atoms with Crippen molar-refractivity contribution in [2.24, 2.45) is 0 Å². The summed E-state index contributed by atoms with van der Waals surface area (Å²) in [4.78, 5) is 14.3. The van der Waals surface area contributed by atoms with Crippen molar-refractivity contribution in [3.63, 3.8) is 0 Å². The molecule has 5 nitrogen and oxygen atoms in total. The van der Waals surface area contributed by atoms with Gasteiger partial charge in [0.15, 0.2) is 0 Å². The smallest absolute Gasteiger partial charge is 0.317 e. The van der Waals surface area contributed by atoms with Gasteiger partial charge in [-0.2, -0.15) is 0 Å². The first-order valence-electron chi connectivity index (χ1n) is 8.12. The molecule has 1 aliphatic rings. The number of para-hydroxylation sites is 1. The topological polar surface area (TPSA) is 61.8 Å². The quantitative estimate of drug-likeness (QED) is 0.814. The normalized spacial score (nSPS) is 14.8. The molecular formula is C17H26N2O3. The highest BCUT2D eigenvalue weighted by Crippen LogP contribution is 2.23. The van der Waals surface area contributed by atoms with Crippen molar-refractivity contribution in [2.75, 3.05) is 19.8 Å². The Balaban J connectivity index is 1.92. The molecule has 2 amide bonds. The molecule has 1 aliphatic carbocycles. The number of urea groups is 1. The highest BCUT2D eigenvalue weighted by Gasteiger charge is 2.25. The molecule has 0 aliphatic heterocycles. The first-order valence-corrected chi connectivity index (χ1v) is 8.12. The van der Waals surface area contributed by atoms with Crippen molar-refractivity contribution in [3.8, 4) is 5.75 Å². The highest BCUT2D eigenvalue weighted by atomic mass is 16.5. The second-order valence-corrected chi connectivity index (χ2v) is 5.56. The summed E-state index contributed by atoms with van der Waals surface area (Å²) in [5.74, 6) is 0.709. The number of nitrogens with one attached hydrogen (secondary N) is 1. The maximum absolute atomic E-state index is 12.4. The van der Waals surface area contributed by atoms with Crippen molar-refractivity contribution in [2.45, 2.75) is 45.2 Å². The molecule has 0 bridgehead atoms. The first kappa shape index (κ1) is 16.6. The zero-order valence-electron chi connectivity index (χ0n) is 13.3. The molecule has 0 unspecified atom stereocenters. The second kappa shape index (κ2) is 8.63. The molecule has 2 rings (SSSR count). The van der Waals surface area contributed by atoms with Gasteiger partial charge in [-0.05, 0) is 25.8 Å². The minimum atomic E-state index is -0.0218. The number of nitrogens with zero attached hydrogens (tertiary/aromatic N) is 1. The molecule has 2 N–H and O–H groups in total. The van der Waals surface area contributed by atoms with Gasteiger partial charge in [0.1, 0.15) is 12.4 Å². The number of benzene rings is 1. The summed E-state index contributed by atoms with van der Waals surface area (Å²) in [6.07, 6.45) is 4.65. The van der Waals surface area contributed by atoms with Crippen LogP contribution in [0.5, 0.6) is 5.75 Å². The number of hydrogen-bond donors (Lipinski definition) is 2. The number of carbonyl (C=O) groups is 1. The van der Waals surface area contributed by atoms with E-state index >= 15 is 0 Å². The van der Waals surface area contributed by atoms with Gasteiger partial charge in [0.25, 0.3) is 0 Å². The van der Waals surface area contributed by atoms with Crippen LogP contribution in [0.15, 0.2) is 24.3 Å². The van der Waals surface area contributed by atoms with Crippen LogP contribution >= 0.6 is 0 Å². The molecule has 1 saturated carbocycles. The fraction of sp³-hybridized carbons (Fsp3) is 0.588. The van der Waals surface area contributed by atoms with Gasteiger partial charge in [-0.1, -0.05) is 31.0 Å². The van der Waals surface area contributed by atoms with E-state index in [4.69, 9.17) is 9.84 Å². The number of ether oxygens (including phenoxy) is 1. The minimum Gasteiger partial charge on any atom is -0.491 e. The van der Waals surface area contributed by atoms with Crippen LogP contribution < -0.4 is 10.1 Å². The van der Waals surface area contributed by atoms with E-state index in [1.807, 2.05) is 36.1 Å². The molecule has 0 aromatic heterocycles. The van der Waals surface area contributed by atoms with E-state index in [9.17, 15) is 4.79 Å². The van der Waals surface area contributed by atoms with Crippen LogP contribution in [0.4, 0.5) is 4.79 Å². The van der Waals surface area contributed by atoms with Gasteiger partial charge >= 0.3 is 6.03 Å². The minimum absolute atomic E-state index is 0.00800. The van der Waals surface area contributed by atoms with E-state index in [0.29, 0.717) is 18.3 Å². The van der Waals surface area contributed by atoms with Crippen LogP contribution in [0, 0.1) is 0 Å². The van der Waals surface area contributed by atoms with Gasteiger partial charge in [-0.25, -0.2) is 4.79 Å². The van der Waals surface area contributed by atoms with Crippen LogP contribution in [-0.2, 0) is 6.54 Å². The maximum Gasteiger partial charge on any atom is 0.317 e. The molecule has 1 aromatic rings. The molecule has 0 heterocycles. The summed E-state index contributed by atoms with van der Waals surface area (Å²) in [6, 6.07) is 7.96. The van der Waals surface area contributed by atoms with Crippen LogP contribution in [0.2, 0.25) is 0 Å². The number of rotatable bonds is 7. The summed E-state index contributed by atoms with van der Waals surface area (Å²) in [7, 11) is 0. The van der Waals surface area contributed by atoms with E-state index in [1.165, 1.54) is 12.8 Å². The van der Waals surface area contributed by atoms with Crippen molar-refractivity contribution in [1.29, 1.82) is 0 Å². The van der Waals surface area contributed by atoms with Gasteiger partial charge in [-0.15, -0.1) is 0 Å². The number of aliphatic hydroxyl groups is 1. The number of hydrogen-bond acceptors (Lipinski definition) is 3. The van der Waals surface area contributed by atoms with Crippen molar-refractivity contribution >= 4 is 6.03 Å². The third kappa shape index (κ3) is 4.37. The zero-order valence-corrected chi connectivity index (χ0v) is 13.3. The maximum atomic E-state index is 12.4. The number of amides is 2. The SMILES string of the molecule is CCN(C(=O)NCc1ccccc1OCCO)C1CCCC1. The Morgan fingerprint density at radius 1 is 1.36 bits per heavy atom. The molecule has 122 valence electrons. The Morgan fingerprint density at radius 2 is 2.09 bits per heavy atom. The average molecular weight is 306 g/mol. The molecule has 1 aromatic carbocycles. The average Bonchev–Trinajstić information content (AvgIpc) is 3.06. The predicted molar refractivity (Wildman–Crippen MR) is 85.9 cm³/mol. The lowest BCUT2D eigenvalue weighted by Gasteiger charge is -2.28. The molecular weight excluding hydrogens is 280 g/mol. The van der Waals surface area contributed by atoms with Crippen LogP contribution in [0.25, 0.3) is 0 Å². The lowest BCUT2D eigenvalue weighted by Crippen LogP contribution is -2.44. The Labute approximate surface area is 132 Å². The van der Waals surface area contributed by atoms with E-state index in [-0.39, 0.29) is 19.2 Å². The predicted octanol–water partition coefficient (Wildman–Crippen LogP) is 2.53. The summed E-state index contributed by atoms with van der Waals surface area (Å²) in [6.45, 7) is 3.43. The summed E-state index contributed by atoms with van der Waals surface area (Å²) in [5, 5.41) is 11.8. The van der Waals surface area contributed by atoms with Gasteiger partial charge < -0.3 is 20.1 Å². The van der Waals surface area contributed by atoms with Crippen LogP contribution in [0.3, 0.4) is 0 Å². The van der Waals surface area contributed by atoms with Gasteiger partial charge in [0.05, 0.1) is 6.61 Å². The number of carbonyl (C=O) groups excluding carboxylic acids is 1. The first-order chi connectivity index (χ1) is 10.8. The Bertz CT molecular complexity index is 473. The van der Waals surface area contributed by atoms with Crippen LogP contribution in [-0.4, -0.2) is 41.8 Å². The van der Waals surface area contributed by atoms with Gasteiger partial charge in [0, 0.05) is 24.7 Å². The lowest BCUT2D eigenvalue weighted by atomic mass is 10.2.